The number of anilines is 1. The van der Waals surface area contributed by atoms with Crippen LogP contribution in [0.5, 0.6) is 0 Å². The van der Waals surface area contributed by atoms with Crippen LogP contribution >= 0.6 is 15.9 Å². The first kappa shape index (κ1) is 15.0. The van der Waals surface area contributed by atoms with Crippen molar-refractivity contribution in [1.82, 2.24) is 0 Å². The summed E-state index contributed by atoms with van der Waals surface area (Å²) in [5.41, 5.74) is 2.98. The van der Waals surface area contributed by atoms with E-state index in [2.05, 4.69) is 27.3 Å². The van der Waals surface area contributed by atoms with E-state index in [4.69, 9.17) is 5.26 Å². The number of nitrogens with one attached hydrogen (secondary N) is 1. The molecule has 2 aromatic carbocycles. The molecule has 2 aromatic rings. The first-order valence-corrected chi connectivity index (χ1v) is 6.98. The molecule has 0 amide bonds. The summed E-state index contributed by atoms with van der Waals surface area (Å²) in [4.78, 5) is 10.5. The molecule has 21 heavy (non-hydrogen) atoms. The minimum Gasteiger partial charge on any atom is -0.380 e. The highest BCUT2D eigenvalue weighted by molar-refractivity contribution is 9.10. The lowest BCUT2D eigenvalue weighted by Crippen LogP contribution is -2.02. The monoisotopic (exact) mass is 345 g/mol. The summed E-state index contributed by atoms with van der Waals surface area (Å²) in [6.45, 7) is 2.18. The normalized spacial score (nSPS) is 9.95. The smallest absolute Gasteiger partial charge is 0.272 e. The molecule has 0 saturated heterocycles. The lowest BCUT2D eigenvalue weighted by molar-refractivity contribution is -0.385. The van der Waals surface area contributed by atoms with Gasteiger partial charge in [-0.3, -0.25) is 10.1 Å². The van der Waals surface area contributed by atoms with Crippen LogP contribution in [0.3, 0.4) is 0 Å². The number of benzene rings is 2. The molecule has 0 saturated carbocycles. The van der Waals surface area contributed by atoms with Crippen LogP contribution in [0.1, 0.15) is 16.7 Å². The summed E-state index contributed by atoms with van der Waals surface area (Å²) in [5.74, 6) is 0. The van der Waals surface area contributed by atoms with Gasteiger partial charge < -0.3 is 5.32 Å². The zero-order chi connectivity index (χ0) is 15.4. The van der Waals surface area contributed by atoms with E-state index in [-0.39, 0.29) is 10.6 Å². The van der Waals surface area contributed by atoms with E-state index in [0.29, 0.717) is 17.7 Å². The van der Waals surface area contributed by atoms with Gasteiger partial charge in [-0.1, -0.05) is 12.1 Å². The molecule has 0 aliphatic carbocycles. The molecule has 0 spiro atoms. The van der Waals surface area contributed by atoms with Gasteiger partial charge in [0.25, 0.3) is 5.69 Å². The van der Waals surface area contributed by atoms with Crippen molar-refractivity contribution in [2.75, 3.05) is 5.32 Å². The maximum Gasteiger partial charge on any atom is 0.272 e. The van der Waals surface area contributed by atoms with Crippen molar-refractivity contribution in [2.24, 2.45) is 0 Å². The Morgan fingerprint density at radius 3 is 2.71 bits per heavy atom. The highest BCUT2D eigenvalue weighted by atomic mass is 79.9. The third kappa shape index (κ3) is 3.58. The summed E-state index contributed by atoms with van der Waals surface area (Å²) < 4.78 is 0.781. The minimum atomic E-state index is -0.379. The Morgan fingerprint density at radius 1 is 1.33 bits per heavy atom. The molecule has 2 rings (SSSR count). The highest BCUT2D eigenvalue weighted by Gasteiger charge is 2.11. The molecule has 0 bridgehead atoms. The first-order chi connectivity index (χ1) is 10.0. The van der Waals surface area contributed by atoms with Crippen LogP contribution in [0, 0.1) is 28.4 Å². The van der Waals surface area contributed by atoms with Gasteiger partial charge >= 0.3 is 0 Å². The van der Waals surface area contributed by atoms with Crippen LogP contribution in [-0.4, -0.2) is 4.92 Å². The quantitative estimate of drug-likeness (QED) is 0.666. The summed E-state index contributed by atoms with van der Waals surface area (Å²) in [7, 11) is 0. The van der Waals surface area contributed by atoms with Crippen molar-refractivity contribution in [1.29, 1.82) is 5.26 Å². The van der Waals surface area contributed by atoms with Gasteiger partial charge in [0.1, 0.15) is 0 Å². The van der Waals surface area contributed by atoms with E-state index >= 15 is 0 Å². The number of nitro benzene ring substituents is 1. The Hall–Kier alpha value is -2.39. The molecule has 0 aromatic heterocycles. The van der Waals surface area contributed by atoms with Gasteiger partial charge in [0.05, 0.1) is 16.6 Å². The van der Waals surface area contributed by atoms with E-state index in [1.807, 2.05) is 6.07 Å². The predicted molar refractivity (Wildman–Crippen MR) is 84.0 cm³/mol. The van der Waals surface area contributed by atoms with Gasteiger partial charge in [-0.05, 0) is 46.6 Å². The molecule has 0 radical (unpaired) electrons. The van der Waals surface area contributed by atoms with E-state index in [1.165, 1.54) is 0 Å². The fourth-order valence-electron chi connectivity index (χ4n) is 1.89. The predicted octanol–water partition coefficient (Wildman–Crippen LogP) is 4.15. The highest BCUT2D eigenvalue weighted by Crippen LogP contribution is 2.25. The first-order valence-electron chi connectivity index (χ1n) is 6.18. The number of hydrogen-bond acceptors (Lipinski definition) is 4. The Morgan fingerprint density at radius 2 is 2.10 bits per heavy atom. The van der Waals surface area contributed by atoms with E-state index in [0.717, 1.165) is 15.7 Å². The fourth-order valence-corrected chi connectivity index (χ4v) is 2.41. The molecule has 6 heteroatoms. The summed E-state index contributed by atoms with van der Waals surface area (Å²) in [6.07, 6.45) is 0. The maximum absolute atomic E-state index is 10.9. The van der Waals surface area contributed by atoms with E-state index < -0.39 is 0 Å². The number of halogens is 1. The lowest BCUT2D eigenvalue weighted by Gasteiger charge is -2.09. The molecule has 1 N–H and O–H groups in total. The van der Waals surface area contributed by atoms with Crippen molar-refractivity contribution >= 4 is 27.3 Å². The third-order valence-corrected chi connectivity index (χ3v) is 3.71. The molecule has 0 unspecified atom stereocenters. The molecule has 5 nitrogen and oxygen atoms in total. The zero-order valence-corrected chi connectivity index (χ0v) is 12.8. The largest absolute Gasteiger partial charge is 0.380 e. The van der Waals surface area contributed by atoms with Crippen molar-refractivity contribution in [3.63, 3.8) is 0 Å². The van der Waals surface area contributed by atoms with Crippen molar-refractivity contribution in [3.05, 3.63) is 67.7 Å². The van der Waals surface area contributed by atoms with Crippen LogP contribution in [0.25, 0.3) is 0 Å². The van der Waals surface area contributed by atoms with Gasteiger partial charge in [0.15, 0.2) is 0 Å². The third-order valence-electron chi connectivity index (χ3n) is 3.05. The molecule has 0 aliphatic heterocycles. The molecule has 106 valence electrons. The van der Waals surface area contributed by atoms with Crippen LogP contribution in [-0.2, 0) is 6.54 Å². The van der Waals surface area contributed by atoms with Crippen LogP contribution in [0.15, 0.2) is 40.9 Å². The number of rotatable bonds is 4. The summed E-state index contributed by atoms with van der Waals surface area (Å²) in [6, 6.07) is 12.5. The number of hydrogen-bond donors (Lipinski definition) is 1. The van der Waals surface area contributed by atoms with Crippen LogP contribution in [0.2, 0.25) is 0 Å². The van der Waals surface area contributed by atoms with Crippen LogP contribution < -0.4 is 5.32 Å². The number of aryl methyl sites for hydroxylation is 1. The average Bonchev–Trinajstić information content (AvgIpc) is 2.47. The second kappa shape index (κ2) is 6.37. The Labute approximate surface area is 130 Å². The van der Waals surface area contributed by atoms with Gasteiger partial charge in [-0.25, -0.2) is 0 Å². The van der Waals surface area contributed by atoms with E-state index in [9.17, 15) is 10.1 Å². The SMILES string of the molecule is Cc1ccc(CNc2ccc(C#N)cc2Br)cc1[N+](=O)[O-]. The zero-order valence-electron chi connectivity index (χ0n) is 11.3. The Kier molecular flexibility index (Phi) is 4.55. The Balaban J connectivity index is 2.15. The molecule has 0 fully saturated rings. The topological polar surface area (TPSA) is 79.0 Å². The maximum atomic E-state index is 10.9. The second-order valence-electron chi connectivity index (χ2n) is 4.54. The van der Waals surface area contributed by atoms with Gasteiger partial charge in [-0.15, -0.1) is 0 Å². The van der Waals surface area contributed by atoms with Gasteiger partial charge in [0, 0.05) is 28.3 Å². The number of nitrogens with zero attached hydrogens (tertiary/aromatic N) is 2. The molecular formula is C15H12BrN3O2. The van der Waals surface area contributed by atoms with Crippen molar-refractivity contribution in [3.8, 4) is 6.07 Å². The molecule has 0 aliphatic rings. The van der Waals surface area contributed by atoms with Crippen LogP contribution in [0.4, 0.5) is 11.4 Å². The molecule has 0 atom stereocenters. The minimum absolute atomic E-state index is 0.119. The number of nitriles is 1. The summed E-state index contributed by atoms with van der Waals surface area (Å²) in [5, 5.41) is 22.9. The molecular weight excluding hydrogens is 334 g/mol. The lowest BCUT2D eigenvalue weighted by atomic mass is 10.1. The average molecular weight is 346 g/mol. The van der Waals surface area contributed by atoms with Crippen molar-refractivity contribution < 1.29 is 4.92 Å². The standard InChI is InChI=1S/C15H12BrN3O2/c1-10-2-3-12(7-15(10)19(20)21)9-18-14-5-4-11(8-17)6-13(14)16/h2-7,18H,9H2,1H3. The Bertz CT molecular complexity index is 738. The summed E-state index contributed by atoms with van der Waals surface area (Å²) >= 11 is 3.39. The fraction of sp³-hybridized carbons (Fsp3) is 0.133. The van der Waals surface area contributed by atoms with Crippen molar-refractivity contribution in [2.45, 2.75) is 13.5 Å². The van der Waals surface area contributed by atoms with E-state index in [1.54, 1.807) is 37.3 Å². The number of nitro groups is 1. The van der Waals surface area contributed by atoms with Gasteiger partial charge in [-0.2, -0.15) is 5.26 Å². The second-order valence-corrected chi connectivity index (χ2v) is 5.39. The molecule has 0 heterocycles. The van der Waals surface area contributed by atoms with Gasteiger partial charge in [0.2, 0.25) is 0 Å².